The van der Waals surface area contributed by atoms with Crippen LogP contribution < -0.4 is 15.4 Å². The van der Waals surface area contributed by atoms with Crippen molar-refractivity contribution in [1.29, 1.82) is 0 Å². The van der Waals surface area contributed by atoms with Gasteiger partial charge in [0.25, 0.3) is 0 Å². The molecule has 1 unspecified atom stereocenters. The molecular formula is C14H18N2O4. The lowest BCUT2D eigenvalue weighted by Gasteiger charge is -2.23. The number of carbonyl (C=O) groups excluding carboxylic acids is 1. The molecule has 0 aliphatic carbocycles. The van der Waals surface area contributed by atoms with Gasteiger partial charge in [-0.15, -0.1) is 0 Å². The van der Waals surface area contributed by atoms with E-state index in [-0.39, 0.29) is 5.91 Å². The summed E-state index contributed by atoms with van der Waals surface area (Å²) in [6.07, 6.45) is 1.78. The Morgan fingerprint density at radius 3 is 2.95 bits per heavy atom. The van der Waals surface area contributed by atoms with Gasteiger partial charge in [-0.25, -0.2) is 4.79 Å². The maximum absolute atomic E-state index is 12.2. The molecule has 1 aromatic carbocycles. The summed E-state index contributed by atoms with van der Waals surface area (Å²) in [7, 11) is 0. The smallest absolute Gasteiger partial charge is 0.341 e. The van der Waals surface area contributed by atoms with Crippen LogP contribution in [-0.2, 0) is 9.59 Å². The summed E-state index contributed by atoms with van der Waals surface area (Å²) in [5, 5.41) is 14.6. The van der Waals surface area contributed by atoms with Crippen molar-refractivity contribution in [3.63, 3.8) is 0 Å². The maximum atomic E-state index is 12.2. The third kappa shape index (κ3) is 3.48. The van der Waals surface area contributed by atoms with Gasteiger partial charge in [0.2, 0.25) is 5.91 Å². The van der Waals surface area contributed by atoms with Crippen LogP contribution in [0, 0.1) is 0 Å². The lowest BCUT2D eigenvalue weighted by Crippen LogP contribution is -2.47. The van der Waals surface area contributed by atoms with Gasteiger partial charge < -0.3 is 20.5 Å². The Bertz CT molecular complexity index is 510. The quantitative estimate of drug-likeness (QED) is 0.754. The van der Waals surface area contributed by atoms with E-state index in [0.717, 1.165) is 19.4 Å². The number of ether oxygens (including phenoxy) is 1. The minimum absolute atomic E-state index is 0.0922. The summed E-state index contributed by atoms with van der Waals surface area (Å²) in [6, 6.07) is 6.70. The molecule has 108 valence electrons. The van der Waals surface area contributed by atoms with Crippen molar-refractivity contribution in [3.05, 3.63) is 24.3 Å². The highest BCUT2D eigenvalue weighted by molar-refractivity contribution is 5.98. The van der Waals surface area contributed by atoms with E-state index in [1.54, 1.807) is 24.3 Å². The van der Waals surface area contributed by atoms with E-state index in [1.165, 1.54) is 0 Å². The monoisotopic (exact) mass is 278 g/mol. The van der Waals surface area contributed by atoms with Crippen molar-refractivity contribution in [2.75, 3.05) is 18.5 Å². The van der Waals surface area contributed by atoms with Crippen LogP contribution in [0.1, 0.15) is 19.8 Å². The number of carboxylic acids is 1. The van der Waals surface area contributed by atoms with Crippen molar-refractivity contribution in [2.24, 2.45) is 0 Å². The van der Waals surface area contributed by atoms with Gasteiger partial charge >= 0.3 is 5.97 Å². The van der Waals surface area contributed by atoms with Crippen LogP contribution in [-0.4, -0.2) is 35.7 Å². The van der Waals surface area contributed by atoms with E-state index in [4.69, 9.17) is 9.84 Å². The summed E-state index contributed by atoms with van der Waals surface area (Å²) in [4.78, 5) is 22.7. The molecule has 1 heterocycles. The first-order chi connectivity index (χ1) is 9.49. The van der Waals surface area contributed by atoms with Crippen LogP contribution in [0.3, 0.4) is 0 Å². The van der Waals surface area contributed by atoms with Gasteiger partial charge in [0, 0.05) is 11.8 Å². The first-order valence-corrected chi connectivity index (χ1v) is 6.51. The highest BCUT2D eigenvalue weighted by atomic mass is 16.5. The SMILES string of the molecule is CC1(C(=O)Nc2cccc(OCC(=O)O)c2)CCCN1. The highest BCUT2D eigenvalue weighted by Gasteiger charge is 2.35. The van der Waals surface area contributed by atoms with Gasteiger partial charge in [0.15, 0.2) is 6.61 Å². The summed E-state index contributed by atoms with van der Waals surface area (Å²) >= 11 is 0. The molecule has 1 aliphatic rings. The van der Waals surface area contributed by atoms with Crippen molar-refractivity contribution < 1.29 is 19.4 Å². The molecule has 0 radical (unpaired) electrons. The Hall–Kier alpha value is -2.08. The molecule has 1 aliphatic heterocycles. The maximum Gasteiger partial charge on any atom is 0.341 e. The molecule has 20 heavy (non-hydrogen) atoms. The first kappa shape index (κ1) is 14.3. The average Bonchev–Trinajstić information content (AvgIpc) is 2.85. The second-order valence-corrected chi connectivity index (χ2v) is 5.03. The molecule has 1 amide bonds. The molecule has 1 fully saturated rings. The van der Waals surface area contributed by atoms with Crippen LogP contribution in [0.2, 0.25) is 0 Å². The molecule has 1 saturated heterocycles. The minimum Gasteiger partial charge on any atom is -0.482 e. The van der Waals surface area contributed by atoms with Crippen molar-refractivity contribution in [1.82, 2.24) is 5.32 Å². The summed E-state index contributed by atoms with van der Waals surface area (Å²) in [5.74, 6) is -0.720. The van der Waals surface area contributed by atoms with Gasteiger partial charge in [-0.1, -0.05) is 6.07 Å². The molecule has 0 aromatic heterocycles. The molecule has 0 bridgehead atoms. The number of hydrogen-bond donors (Lipinski definition) is 3. The zero-order chi connectivity index (χ0) is 14.6. The molecule has 2 rings (SSSR count). The Kier molecular flexibility index (Phi) is 4.24. The van der Waals surface area contributed by atoms with Gasteiger partial charge in [-0.2, -0.15) is 0 Å². The zero-order valence-corrected chi connectivity index (χ0v) is 11.3. The van der Waals surface area contributed by atoms with E-state index in [2.05, 4.69) is 10.6 Å². The molecule has 0 spiro atoms. The number of hydrogen-bond acceptors (Lipinski definition) is 4. The Labute approximate surface area is 117 Å². The first-order valence-electron chi connectivity index (χ1n) is 6.51. The molecule has 6 nitrogen and oxygen atoms in total. The van der Waals surface area contributed by atoms with Crippen LogP contribution >= 0.6 is 0 Å². The second kappa shape index (κ2) is 5.92. The summed E-state index contributed by atoms with van der Waals surface area (Å²) < 4.78 is 5.07. The molecule has 1 atom stereocenters. The second-order valence-electron chi connectivity index (χ2n) is 5.03. The number of aliphatic carboxylic acids is 1. The van der Waals surface area contributed by atoms with Crippen molar-refractivity contribution >= 4 is 17.6 Å². The standard InChI is InChI=1S/C14H18N2O4/c1-14(6-3-7-15-14)13(19)16-10-4-2-5-11(8-10)20-9-12(17)18/h2,4-5,8,15H,3,6-7,9H2,1H3,(H,16,19)(H,17,18). The molecule has 3 N–H and O–H groups in total. The molecule has 6 heteroatoms. The minimum atomic E-state index is -1.04. The lowest BCUT2D eigenvalue weighted by atomic mass is 9.99. The van der Waals surface area contributed by atoms with Gasteiger partial charge in [0.05, 0.1) is 5.54 Å². The average molecular weight is 278 g/mol. The number of rotatable bonds is 5. The van der Waals surface area contributed by atoms with Gasteiger partial charge in [-0.05, 0) is 38.4 Å². The number of anilines is 1. The van der Waals surface area contributed by atoms with E-state index >= 15 is 0 Å². The largest absolute Gasteiger partial charge is 0.482 e. The molecule has 0 saturated carbocycles. The van der Waals surface area contributed by atoms with Crippen molar-refractivity contribution in [2.45, 2.75) is 25.3 Å². The normalized spacial score (nSPS) is 21.4. The number of nitrogens with one attached hydrogen (secondary N) is 2. The van der Waals surface area contributed by atoms with Gasteiger partial charge in [-0.3, -0.25) is 4.79 Å². The van der Waals surface area contributed by atoms with Crippen molar-refractivity contribution in [3.8, 4) is 5.75 Å². The third-order valence-corrected chi connectivity index (χ3v) is 3.32. The Morgan fingerprint density at radius 2 is 2.30 bits per heavy atom. The number of carboxylic acid groups (broad SMARTS) is 1. The topological polar surface area (TPSA) is 87.7 Å². The Morgan fingerprint density at radius 1 is 1.50 bits per heavy atom. The fraction of sp³-hybridized carbons (Fsp3) is 0.429. The summed E-state index contributed by atoms with van der Waals surface area (Å²) in [5.41, 5.74) is 0.0468. The number of carbonyl (C=O) groups is 2. The predicted octanol–water partition coefficient (Wildman–Crippen LogP) is 1.23. The highest BCUT2D eigenvalue weighted by Crippen LogP contribution is 2.22. The molecular weight excluding hydrogens is 260 g/mol. The zero-order valence-electron chi connectivity index (χ0n) is 11.3. The van der Waals surface area contributed by atoms with E-state index in [9.17, 15) is 9.59 Å². The van der Waals surface area contributed by atoms with E-state index in [1.807, 2.05) is 6.92 Å². The van der Waals surface area contributed by atoms with E-state index < -0.39 is 18.1 Å². The van der Waals surface area contributed by atoms with Crippen LogP contribution in [0.15, 0.2) is 24.3 Å². The fourth-order valence-corrected chi connectivity index (χ4v) is 2.17. The fourth-order valence-electron chi connectivity index (χ4n) is 2.17. The Balaban J connectivity index is 2.00. The van der Waals surface area contributed by atoms with Gasteiger partial charge in [0.1, 0.15) is 5.75 Å². The van der Waals surface area contributed by atoms with E-state index in [0.29, 0.717) is 11.4 Å². The predicted molar refractivity (Wildman–Crippen MR) is 73.8 cm³/mol. The van der Waals surface area contributed by atoms with Crippen LogP contribution in [0.5, 0.6) is 5.75 Å². The van der Waals surface area contributed by atoms with Crippen LogP contribution in [0.25, 0.3) is 0 Å². The summed E-state index contributed by atoms with van der Waals surface area (Å²) in [6.45, 7) is 2.31. The number of amides is 1. The van der Waals surface area contributed by atoms with Crippen LogP contribution in [0.4, 0.5) is 5.69 Å². The number of benzene rings is 1. The third-order valence-electron chi connectivity index (χ3n) is 3.32. The molecule has 1 aromatic rings. The lowest BCUT2D eigenvalue weighted by molar-refractivity contribution is -0.139.